The van der Waals surface area contributed by atoms with Crippen molar-refractivity contribution in [1.82, 2.24) is 5.32 Å². The Bertz CT molecular complexity index is 809. The summed E-state index contributed by atoms with van der Waals surface area (Å²) < 4.78 is 34.7. The van der Waals surface area contributed by atoms with Gasteiger partial charge in [-0.1, -0.05) is 12.1 Å². The lowest BCUT2D eigenvalue weighted by Crippen LogP contribution is -2.28. The van der Waals surface area contributed by atoms with Crippen LogP contribution in [-0.2, 0) is 11.2 Å². The third kappa shape index (κ3) is 4.61. The van der Waals surface area contributed by atoms with Gasteiger partial charge in [0.05, 0.1) is 40.9 Å². The van der Waals surface area contributed by atoms with Gasteiger partial charge in [0.25, 0.3) is 0 Å². The van der Waals surface area contributed by atoms with Crippen molar-refractivity contribution in [2.45, 2.75) is 19.4 Å². The average Bonchev–Trinajstić information content (AvgIpc) is 2.67. The van der Waals surface area contributed by atoms with Crippen LogP contribution in [0.1, 0.15) is 24.1 Å². The summed E-state index contributed by atoms with van der Waals surface area (Å²) in [6.07, 6.45) is 0.0759. The largest absolute Gasteiger partial charge is 0.494 e. The molecule has 0 bridgehead atoms. The SMILES string of the molecule is COc1ccc([C@@H](C)NC(=O)Cc2ccc(OC)c(OC)c2OC)cc1F. The molecule has 1 N–H and O–H groups in total. The first-order valence-corrected chi connectivity index (χ1v) is 8.35. The number of ether oxygens (including phenoxy) is 4. The summed E-state index contributed by atoms with van der Waals surface area (Å²) in [4.78, 5) is 12.5. The van der Waals surface area contributed by atoms with Gasteiger partial charge in [0, 0.05) is 5.56 Å². The number of benzene rings is 2. The fourth-order valence-electron chi connectivity index (χ4n) is 2.80. The number of amides is 1. The lowest BCUT2D eigenvalue weighted by Gasteiger charge is -2.18. The molecule has 1 atom stereocenters. The van der Waals surface area contributed by atoms with E-state index in [1.807, 2.05) is 0 Å². The normalized spacial score (nSPS) is 11.5. The molecule has 146 valence electrons. The van der Waals surface area contributed by atoms with Crippen LogP contribution in [0.4, 0.5) is 4.39 Å². The molecule has 2 rings (SSSR count). The van der Waals surface area contributed by atoms with E-state index in [9.17, 15) is 9.18 Å². The Labute approximate surface area is 158 Å². The van der Waals surface area contributed by atoms with Crippen molar-refractivity contribution in [1.29, 1.82) is 0 Å². The molecule has 0 saturated carbocycles. The van der Waals surface area contributed by atoms with Crippen molar-refractivity contribution < 1.29 is 28.1 Å². The Morgan fingerprint density at radius 2 is 1.59 bits per heavy atom. The Hall–Kier alpha value is -2.96. The van der Waals surface area contributed by atoms with Gasteiger partial charge in [-0.05, 0) is 30.7 Å². The first-order valence-electron chi connectivity index (χ1n) is 8.35. The van der Waals surface area contributed by atoms with Gasteiger partial charge in [-0.15, -0.1) is 0 Å². The summed E-state index contributed by atoms with van der Waals surface area (Å²) >= 11 is 0. The molecule has 0 saturated heterocycles. The van der Waals surface area contributed by atoms with Crippen molar-refractivity contribution in [3.8, 4) is 23.0 Å². The molecule has 27 heavy (non-hydrogen) atoms. The Balaban J connectivity index is 2.14. The van der Waals surface area contributed by atoms with Crippen LogP contribution >= 0.6 is 0 Å². The van der Waals surface area contributed by atoms with Gasteiger partial charge in [0.2, 0.25) is 11.7 Å². The van der Waals surface area contributed by atoms with E-state index < -0.39 is 5.82 Å². The summed E-state index contributed by atoms with van der Waals surface area (Å²) in [5.74, 6) is 0.834. The molecule has 0 aliphatic carbocycles. The Kier molecular flexibility index (Phi) is 6.87. The highest BCUT2D eigenvalue weighted by Crippen LogP contribution is 2.39. The molecule has 0 aliphatic rings. The number of methoxy groups -OCH3 is 4. The smallest absolute Gasteiger partial charge is 0.225 e. The molecule has 0 unspecified atom stereocenters. The van der Waals surface area contributed by atoms with E-state index in [-0.39, 0.29) is 24.1 Å². The van der Waals surface area contributed by atoms with Crippen LogP contribution in [0.2, 0.25) is 0 Å². The van der Waals surface area contributed by atoms with E-state index in [0.29, 0.717) is 28.4 Å². The van der Waals surface area contributed by atoms with Gasteiger partial charge in [-0.2, -0.15) is 0 Å². The van der Waals surface area contributed by atoms with E-state index >= 15 is 0 Å². The average molecular weight is 377 g/mol. The highest BCUT2D eigenvalue weighted by atomic mass is 19.1. The number of carbonyl (C=O) groups excluding carboxylic acids is 1. The second-order valence-electron chi connectivity index (χ2n) is 5.85. The molecule has 2 aromatic rings. The molecule has 0 aliphatic heterocycles. The summed E-state index contributed by atoms with van der Waals surface area (Å²) in [6, 6.07) is 7.68. The quantitative estimate of drug-likeness (QED) is 0.765. The van der Waals surface area contributed by atoms with Crippen LogP contribution < -0.4 is 24.3 Å². The van der Waals surface area contributed by atoms with Gasteiger partial charge in [-0.3, -0.25) is 4.79 Å². The monoisotopic (exact) mass is 377 g/mol. The van der Waals surface area contributed by atoms with E-state index in [4.69, 9.17) is 18.9 Å². The van der Waals surface area contributed by atoms with Crippen LogP contribution in [-0.4, -0.2) is 34.3 Å². The van der Waals surface area contributed by atoms with Crippen molar-refractivity contribution >= 4 is 5.91 Å². The number of carbonyl (C=O) groups is 1. The van der Waals surface area contributed by atoms with Crippen molar-refractivity contribution in [2.24, 2.45) is 0 Å². The maximum absolute atomic E-state index is 13.9. The summed E-state index contributed by atoms with van der Waals surface area (Å²) in [6.45, 7) is 1.78. The second-order valence-corrected chi connectivity index (χ2v) is 5.85. The van der Waals surface area contributed by atoms with Crippen molar-refractivity contribution in [2.75, 3.05) is 28.4 Å². The number of nitrogens with one attached hydrogen (secondary N) is 1. The topological polar surface area (TPSA) is 66.0 Å². The molecule has 2 aromatic carbocycles. The van der Waals surface area contributed by atoms with E-state index in [2.05, 4.69) is 5.32 Å². The third-order valence-corrected chi connectivity index (χ3v) is 4.19. The van der Waals surface area contributed by atoms with Crippen molar-refractivity contribution in [3.63, 3.8) is 0 Å². The highest BCUT2D eigenvalue weighted by molar-refractivity contribution is 5.80. The minimum Gasteiger partial charge on any atom is -0.494 e. The number of halogens is 1. The molecule has 0 fully saturated rings. The Morgan fingerprint density at radius 1 is 0.963 bits per heavy atom. The summed E-state index contributed by atoms with van der Waals surface area (Å²) in [7, 11) is 5.94. The number of hydrogen-bond donors (Lipinski definition) is 1. The fraction of sp³-hybridized carbons (Fsp3) is 0.350. The summed E-state index contributed by atoms with van der Waals surface area (Å²) in [5, 5.41) is 2.85. The zero-order valence-electron chi connectivity index (χ0n) is 16.1. The van der Waals surface area contributed by atoms with E-state index in [1.165, 1.54) is 40.6 Å². The standard InChI is InChI=1S/C20H24FNO5/c1-12(13-6-8-16(24-2)15(21)10-13)22-18(23)11-14-7-9-17(25-3)20(27-5)19(14)26-4/h6-10,12H,11H2,1-5H3,(H,22,23)/t12-/m1/s1. The van der Waals surface area contributed by atoms with Crippen LogP contribution in [0.15, 0.2) is 30.3 Å². The Morgan fingerprint density at radius 3 is 2.15 bits per heavy atom. The lowest BCUT2D eigenvalue weighted by molar-refractivity contribution is -0.121. The predicted octanol–water partition coefficient (Wildman–Crippen LogP) is 3.28. The molecule has 6 nitrogen and oxygen atoms in total. The van der Waals surface area contributed by atoms with Gasteiger partial charge in [-0.25, -0.2) is 4.39 Å². The molecular weight excluding hydrogens is 353 g/mol. The number of rotatable bonds is 8. The molecule has 0 aromatic heterocycles. The molecule has 7 heteroatoms. The van der Waals surface area contributed by atoms with Gasteiger partial charge in [0.1, 0.15) is 0 Å². The predicted molar refractivity (Wildman–Crippen MR) is 99.3 cm³/mol. The van der Waals surface area contributed by atoms with Crippen molar-refractivity contribution in [3.05, 3.63) is 47.3 Å². The first kappa shape index (κ1) is 20.4. The van der Waals surface area contributed by atoms with Gasteiger partial charge in [0.15, 0.2) is 23.1 Å². The maximum Gasteiger partial charge on any atom is 0.225 e. The highest BCUT2D eigenvalue weighted by Gasteiger charge is 2.19. The minimum absolute atomic E-state index is 0.0759. The molecule has 0 spiro atoms. The molecule has 0 radical (unpaired) electrons. The lowest BCUT2D eigenvalue weighted by atomic mass is 10.1. The maximum atomic E-state index is 13.9. The molecule has 0 heterocycles. The summed E-state index contributed by atoms with van der Waals surface area (Å²) in [5.41, 5.74) is 1.29. The van der Waals surface area contributed by atoms with Crippen LogP contribution in [0.3, 0.4) is 0 Å². The van der Waals surface area contributed by atoms with Gasteiger partial charge >= 0.3 is 0 Å². The van der Waals surface area contributed by atoms with Gasteiger partial charge < -0.3 is 24.3 Å². The third-order valence-electron chi connectivity index (χ3n) is 4.19. The minimum atomic E-state index is -0.474. The van der Waals surface area contributed by atoms with E-state index in [0.717, 1.165) is 0 Å². The van der Waals surface area contributed by atoms with Crippen LogP contribution in [0, 0.1) is 5.82 Å². The molecular formula is C20H24FNO5. The second kappa shape index (κ2) is 9.12. The van der Waals surface area contributed by atoms with Crippen LogP contribution in [0.25, 0.3) is 0 Å². The fourth-order valence-corrected chi connectivity index (χ4v) is 2.80. The first-order chi connectivity index (χ1) is 12.9. The number of hydrogen-bond acceptors (Lipinski definition) is 5. The zero-order valence-corrected chi connectivity index (χ0v) is 16.1. The molecule has 1 amide bonds. The zero-order chi connectivity index (χ0) is 20.0. The van der Waals surface area contributed by atoms with E-state index in [1.54, 1.807) is 25.1 Å². The van der Waals surface area contributed by atoms with Crippen LogP contribution in [0.5, 0.6) is 23.0 Å².